The van der Waals surface area contributed by atoms with Gasteiger partial charge in [-0.15, -0.1) is 0 Å². The summed E-state index contributed by atoms with van der Waals surface area (Å²) in [5.74, 6) is 0.739. The van der Waals surface area contributed by atoms with E-state index in [1.807, 2.05) is 0 Å². The van der Waals surface area contributed by atoms with E-state index < -0.39 is 0 Å². The summed E-state index contributed by atoms with van der Waals surface area (Å²) in [6, 6.07) is 1.80. The van der Waals surface area contributed by atoms with Crippen LogP contribution in [-0.4, -0.2) is 36.1 Å². The lowest BCUT2D eigenvalue weighted by Crippen LogP contribution is -2.50. The van der Waals surface area contributed by atoms with Gasteiger partial charge >= 0.3 is 0 Å². The fourth-order valence-electron chi connectivity index (χ4n) is 2.10. The summed E-state index contributed by atoms with van der Waals surface area (Å²) in [6.07, 6.45) is 1.21. The van der Waals surface area contributed by atoms with Crippen LogP contribution in [0.25, 0.3) is 0 Å². The number of nitrogens with one attached hydrogen (secondary N) is 1. The zero-order valence-electron chi connectivity index (χ0n) is 12.4. The minimum atomic E-state index is 0.570. The van der Waals surface area contributed by atoms with Crippen molar-refractivity contribution in [2.24, 2.45) is 5.92 Å². The van der Waals surface area contributed by atoms with Crippen molar-refractivity contribution in [2.75, 3.05) is 13.1 Å². The Balaban J connectivity index is 4.29. The van der Waals surface area contributed by atoms with Gasteiger partial charge in [-0.25, -0.2) is 0 Å². The Morgan fingerprint density at radius 2 is 1.56 bits per heavy atom. The van der Waals surface area contributed by atoms with Crippen LogP contribution in [0.2, 0.25) is 0 Å². The molecule has 2 nitrogen and oxygen atoms in total. The predicted molar refractivity (Wildman–Crippen MR) is 73.9 cm³/mol. The van der Waals surface area contributed by atoms with Gasteiger partial charge in [0.15, 0.2) is 0 Å². The molecule has 0 radical (unpaired) electrons. The van der Waals surface area contributed by atoms with Gasteiger partial charge in [0.2, 0.25) is 0 Å². The third-order valence-electron chi connectivity index (χ3n) is 3.20. The molecule has 0 saturated carbocycles. The van der Waals surface area contributed by atoms with Crippen LogP contribution >= 0.6 is 0 Å². The summed E-state index contributed by atoms with van der Waals surface area (Å²) in [4.78, 5) is 2.61. The molecule has 2 atom stereocenters. The summed E-state index contributed by atoms with van der Waals surface area (Å²) in [5, 5.41) is 3.60. The molecule has 2 unspecified atom stereocenters. The van der Waals surface area contributed by atoms with Crippen LogP contribution in [0.15, 0.2) is 0 Å². The van der Waals surface area contributed by atoms with Crippen molar-refractivity contribution in [3.8, 4) is 0 Å². The summed E-state index contributed by atoms with van der Waals surface area (Å²) < 4.78 is 0. The maximum atomic E-state index is 3.60. The van der Waals surface area contributed by atoms with Gasteiger partial charge in [0.1, 0.15) is 0 Å². The number of nitrogens with zero attached hydrogens (tertiary/aromatic N) is 1. The zero-order valence-corrected chi connectivity index (χ0v) is 12.4. The van der Waals surface area contributed by atoms with Crippen LogP contribution in [0, 0.1) is 5.92 Å². The Morgan fingerprint density at radius 1 is 1.00 bits per heavy atom. The number of hydrogen-bond acceptors (Lipinski definition) is 2. The third-order valence-corrected chi connectivity index (χ3v) is 3.20. The maximum absolute atomic E-state index is 3.60. The monoisotopic (exact) mass is 228 g/mol. The molecule has 16 heavy (non-hydrogen) atoms. The molecule has 2 heteroatoms. The molecule has 0 aliphatic heterocycles. The minimum absolute atomic E-state index is 0.570. The Bertz CT molecular complexity index is 166. The highest BCUT2D eigenvalue weighted by molar-refractivity contribution is 4.80. The lowest BCUT2D eigenvalue weighted by Gasteiger charge is -2.37. The second kappa shape index (κ2) is 8.08. The standard InChI is InChI=1S/C14H32N2/c1-8-9-15-13(6)14(7)16(12(4)5)10-11(2)3/h11-15H,8-10H2,1-7H3. The molecule has 0 saturated heterocycles. The highest BCUT2D eigenvalue weighted by Gasteiger charge is 2.22. The van der Waals surface area contributed by atoms with E-state index in [0.29, 0.717) is 18.1 Å². The molecule has 0 aliphatic carbocycles. The van der Waals surface area contributed by atoms with E-state index in [1.54, 1.807) is 0 Å². The van der Waals surface area contributed by atoms with Crippen molar-refractivity contribution in [2.45, 2.75) is 73.0 Å². The van der Waals surface area contributed by atoms with Crippen LogP contribution in [-0.2, 0) is 0 Å². The summed E-state index contributed by atoms with van der Waals surface area (Å²) in [7, 11) is 0. The molecule has 0 rings (SSSR count). The molecule has 0 aromatic rings. The molecule has 0 amide bonds. The van der Waals surface area contributed by atoms with E-state index in [1.165, 1.54) is 13.0 Å². The van der Waals surface area contributed by atoms with Crippen LogP contribution in [0.3, 0.4) is 0 Å². The molecule has 0 aromatic carbocycles. The largest absolute Gasteiger partial charge is 0.313 e. The second-order valence-corrected chi connectivity index (χ2v) is 5.67. The first-order valence-electron chi connectivity index (χ1n) is 6.89. The third kappa shape index (κ3) is 5.86. The first-order valence-corrected chi connectivity index (χ1v) is 6.89. The topological polar surface area (TPSA) is 15.3 Å². The van der Waals surface area contributed by atoms with E-state index in [-0.39, 0.29) is 0 Å². The van der Waals surface area contributed by atoms with Crippen molar-refractivity contribution in [1.82, 2.24) is 10.2 Å². The predicted octanol–water partition coefficient (Wildman–Crippen LogP) is 3.13. The van der Waals surface area contributed by atoms with E-state index in [0.717, 1.165) is 12.5 Å². The molecule has 98 valence electrons. The van der Waals surface area contributed by atoms with Crippen molar-refractivity contribution in [3.63, 3.8) is 0 Å². The van der Waals surface area contributed by atoms with Gasteiger partial charge in [-0.1, -0.05) is 20.8 Å². The lowest BCUT2D eigenvalue weighted by atomic mass is 10.1. The van der Waals surface area contributed by atoms with E-state index in [2.05, 4.69) is 58.7 Å². The van der Waals surface area contributed by atoms with Gasteiger partial charge in [0, 0.05) is 24.7 Å². The van der Waals surface area contributed by atoms with Gasteiger partial charge in [-0.3, -0.25) is 4.90 Å². The average molecular weight is 228 g/mol. The van der Waals surface area contributed by atoms with Crippen molar-refractivity contribution >= 4 is 0 Å². The summed E-state index contributed by atoms with van der Waals surface area (Å²) in [5.41, 5.74) is 0. The molecular weight excluding hydrogens is 196 g/mol. The van der Waals surface area contributed by atoms with E-state index in [4.69, 9.17) is 0 Å². The van der Waals surface area contributed by atoms with Crippen LogP contribution in [0.4, 0.5) is 0 Å². The fourth-order valence-corrected chi connectivity index (χ4v) is 2.10. The summed E-state index contributed by atoms with van der Waals surface area (Å²) in [6.45, 7) is 18.4. The smallest absolute Gasteiger partial charge is 0.0221 e. The second-order valence-electron chi connectivity index (χ2n) is 5.67. The van der Waals surface area contributed by atoms with E-state index in [9.17, 15) is 0 Å². The van der Waals surface area contributed by atoms with Crippen LogP contribution in [0.1, 0.15) is 54.9 Å². The molecule has 0 spiro atoms. The molecule has 0 bridgehead atoms. The number of rotatable bonds is 8. The number of hydrogen-bond donors (Lipinski definition) is 1. The van der Waals surface area contributed by atoms with Crippen molar-refractivity contribution in [1.29, 1.82) is 0 Å². The lowest BCUT2D eigenvalue weighted by molar-refractivity contribution is 0.120. The van der Waals surface area contributed by atoms with Crippen molar-refractivity contribution < 1.29 is 0 Å². The molecular formula is C14H32N2. The maximum Gasteiger partial charge on any atom is 0.0221 e. The summed E-state index contributed by atoms with van der Waals surface area (Å²) >= 11 is 0. The SMILES string of the molecule is CCCNC(C)C(C)N(CC(C)C)C(C)C. The van der Waals surface area contributed by atoms with Crippen molar-refractivity contribution in [3.05, 3.63) is 0 Å². The quantitative estimate of drug-likeness (QED) is 0.686. The molecule has 0 aromatic heterocycles. The highest BCUT2D eigenvalue weighted by Crippen LogP contribution is 2.12. The molecule has 0 aliphatic rings. The Morgan fingerprint density at radius 3 is 1.94 bits per heavy atom. The highest BCUT2D eigenvalue weighted by atomic mass is 15.2. The zero-order chi connectivity index (χ0) is 12.7. The fraction of sp³-hybridized carbons (Fsp3) is 1.00. The van der Waals surface area contributed by atoms with Gasteiger partial charge in [0.05, 0.1) is 0 Å². The molecule has 0 heterocycles. The Kier molecular flexibility index (Phi) is 8.04. The minimum Gasteiger partial charge on any atom is -0.313 e. The van der Waals surface area contributed by atoms with Gasteiger partial charge in [-0.2, -0.15) is 0 Å². The van der Waals surface area contributed by atoms with Gasteiger partial charge in [-0.05, 0) is 46.6 Å². The molecule has 0 fully saturated rings. The first-order chi connectivity index (χ1) is 7.40. The Labute approximate surface area is 103 Å². The average Bonchev–Trinajstić information content (AvgIpc) is 2.20. The molecule has 1 N–H and O–H groups in total. The van der Waals surface area contributed by atoms with Gasteiger partial charge in [0.25, 0.3) is 0 Å². The Hall–Kier alpha value is -0.0800. The van der Waals surface area contributed by atoms with Crippen LogP contribution in [0.5, 0.6) is 0 Å². The van der Waals surface area contributed by atoms with Crippen LogP contribution < -0.4 is 5.32 Å². The first kappa shape index (κ1) is 15.9. The van der Waals surface area contributed by atoms with Gasteiger partial charge < -0.3 is 5.32 Å². The normalized spacial score (nSPS) is 16.1. The van der Waals surface area contributed by atoms with E-state index >= 15 is 0 Å².